The van der Waals surface area contributed by atoms with E-state index in [-0.39, 0.29) is 26.4 Å². The SMILES string of the molecule is O=[N+]([O-])C1(NCCO)C=CC=CC1OCCO. The van der Waals surface area contributed by atoms with Crippen LogP contribution in [0, 0.1) is 10.1 Å². The minimum Gasteiger partial charge on any atom is -0.395 e. The van der Waals surface area contributed by atoms with E-state index in [1.54, 1.807) is 18.2 Å². The number of allylic oxidation sites excluding steroid dienone is 2. The molecule has 0 amide bonds. The molecule has 0 bridgehead atoms. The highest BCUT2D eigenvalue weighted by Crippen LogP contribution is 2.22. The maximum absolute atomic E-state index is 11.2. The summed E-state index contributed by atoms with van der Waals surface area (Å²) in [6, 6.07) is 0. The lowest BCUT2D eigenvalue weighted by molar-refractivity contribution is -0.574. The number of ether oxygens (including phenoxy) is 1. The van der Waals surface area contributed by atoms with Gasteiger partial charge in [0, 0.05) is 12.6 Å². The molecule has 2 atom stereocenters. The third-order valence-corrected chi connectivity index (χ3v) is 2.39. The van der Waals surface area contributed by atoms with E-state index in [0.717, 1.165) is 0 Å². The lowest BCUT2D eigenvalue weighted by atomic mass is 9.98. The number of nitrogens with zero attached hydrogens (tertiary/aromatic N) is 1. The molecule has 0 aromatic rings. The molecule has 3 N–H and O–H groups in total. The van der Waals surface area contributed by atoms with Crippen molar-refractivity contribution < 1.29 is 19.9 Å². The van der Waals surface area contributed by atoms with E-state index in [9.17, 15) is 10.1 Å². The number of aliphatic hydroxyl groups is 2. The Hall–Kier alpha value is -1.28. The maximum Gasteiger partial charge on any atom is 0.323 e. The van der Waals surface area contributed by atoms with E-state index in [1.807, 2.05) is 0 Å². The molecule has 0 saturated heterocycles. The van der Waals surface area contributed by atoms with Crippen molar-refractivity contribution in [2.75, 3.05) is 26.4 Å². The summed E-state index contributed by atoms with van der Waals surface area (Å²) in [6.07, 6.45) is 5.30. The second-order valence-corrected chi connectivity index (χ2v) is 3.49. The molecule has 17 heavy (non-hydrogen) atoms. The number of nitro groups is 1. The van der Waals surface area contributed by atoms with Gasteiger partial charge in [-0.05, 0) is 6.08 Å². The van der Waals surface area contributed by atoms with Gasteiger partial charge in [0.2, 0.25) is 0 Å². The van der Waals surface area contributed by atoms with Crippen LogP contribution < -0.4 is 5.32 Å². The molecule has 0 heterocycles. The Morgan fingerprint density at radius 1 is 1.41 bits per heavy atom. The Kier molecular flexibility index (Phi) is 5.23. The monoisotopic (exact) mass is 244 g/mol. The van der Waals surface area contributed by atoms with Gasteiger partial charge in [-0.25, -0.2) is 5.32 Å². The lowest BCUT2D eigenvalue weighted by Crippen LogP contribution is -2.60. The molecule has 0 saturated carbocycles. The van der Waals surface area contributed by atoms with E-state index in [4.69, 9.17) is 14.9 Å². The van der Waals surface area contributed by atoms with Crippen molar-refractivity contribution in [3.05, 3.63) is 34.4 Å². The normalized spacial score (nSPS) is 27.3. The third kappa shape index (κ3) is 3.10. The highest BCUT2D eigenvalue weighted by molar-refractivity contribution is 5.22. The first-order valence-corrected chi connectivity index (χ1v) is 5.26. The molecule has 7 heteroatoms. The van der Waals surface area contributed by atoms with Crippen LogP contribution in [0.15, 0.2) is 24.3 Å². The van der Waals surface area contributed by atoms with Gasteiger partial charge in [0.05, 0.1) is 24.7 Å². The van der Waals surface area contributed by atoms with E-state index >= 15 is 0 Å². The molecule has 0 spiro atoms. The highest BCUT2D eigenvalue weighted by Gasteiger charge is 2.48. The number of rotatable bonds is 7. The van der Waals surface area contributed by atoms with Crippen LogP contribution in [-0.4, -0.2) is 53.3 Å². The van der Waals surface area contributed by atoms with Crippen molar-refractivity contribution in [2.45, 2.75) is 11.8 Å². The average molecular weight is 244 g/mol. The van der Waals surface area contributed by atoms with Gasteiger partial charge < -0.3 is 14.9 Å². The van der Waals surface area contributed by atoms with Crippen LogP contribution in [0.4, 0.5) is 0 Å². The minimum absolute atomic E-state index is 0.0131. The smallest absolute Gasteiger partial charge is 0.323 e. The topological polar surface area (TPSA) is 105 Å². The molecule has 2 unspecified atom stereocenters. The third-order valence-electron chi connectivity index (χ3n) is 2.39. The van der Waals surface area contributed by atoms with E-state index in [2.05, 4.69) is 5.32 Å². The summed E-state index contributed by atoms with van der Waals surface area (Å²) < 4.78 is 5.23. The molecule has 1 aliphatic rings. The molecule has 0 aromatic carbocycles. The van der Waals surface area contributed by atoms with Crippen LogP contribution in [0.2, 0.25) is 0 Å². The van der Waals surface area contributed by atoms with Gasteiger partial charge in [0.1, 0.15) is 0 Å². The van der Waals surface area contributed by atoms with Gasteiger partial charge >= 0.3 is 5.66 Å². The summed E-state index contributed by atoms with van der Waals surface area (Å²) in [5.41, 5.74) is -1.59. The zero-order valence-corrected chi connectivity index (χ0v) is 9.28. The molecule has 1 rings (SSSR count). The average Bonchev–Trinajstić information content (AvgIpc) is 2.34. The van der Waals surface area contributed by atoms with Crippen molar-refractivity contribution >= 4 is 0 Å². The molecule has 96 valence electrons. The van der Waals surface area contributed by atoms with Crippen LogP contribution in [0.1, 0.15) is 0 Å². The van der Waals surface area contributed by atoms with Crippen LogP contribution >= 0.6 is 0 Å². The van der Waals surface area contributed by atoms with Crippen molar-refractivity contribution in [1.29, 1.82) is 0 Å². The fourth-order valence-electron chi connectivity index (χ4n) is 1.62. The molecule has 1 aliphatic carbocycles. The first-order chi connectivity index (χ1) is 8.17. The Bertz CT molecular complexity index is 318. The van der Waals surface area contributed by atoms with Gasteiger partial charge in [0.15, 0.2) is 6.10 Å². The van der Waals surface area contributed by atoms with Gasteiger partial charge in [-0.3, -0.25) is 10.1 Å². The fraction of sp³-hybridized carbons (Fsp3) is 0.600. The second kappa shape index (κ2) is 6.45. The van der Waals surface area contributed by atoms with E-state index in [0.29, 0.717) is 0 Å². The molecular formula is C10H16N2O5. The Morgan fingerprint density at radius 3 is 2.76 bits per heavy atom. The zero-order chi connectivity index (χ0) is 12.7. The van der Waals surface area contributed by atoms with Crippen LogP contribution in [0.5, 0.6) is 0 Å². The van der Waals surface area contributed by atoms with Crippen molar-refractivity contribution in [3.8, 4) is 0 Å². The van der Waals surface area contributed by atoms with Crippen LogP contribution in [0.25, 0.3) is 0 Å². The Morgan fingerprint density at radius 2 is 2.18 bits per heavy atom. The zero-order valence-electron chi connectivity index (χ0n) is 9.28. The Balaban J connectivity index is 2.85. The largest absolute Gasteiger partial charge is 0.395 e. The summed E-state index contributed by atoms with van der Waals surface area (Å²) >= 11 is 0. The van der Waals surface area contributed by atoms with Gasteiger partial charge in [-0.2, -0.15) is 0 Å². The number of aliphatic hydroxyl groups excluding tert-OH is 2. The standard InChI is InChI=1S/C10H16N2O5/c13-6-5-11-10(12(15)16)4-2-1-3-9(10)17-8-7-14/h1-4,9,11,13-14H,5-8H2. The summed E-state index contributed by atoms with van der Waals surface area (Å²) in [6.45, 7) is -0.320. The predicted octanol–water partition coefficient (Wildman–Crippen LogP) is -0.955. The van der Waals surface area contributed by atoms with Crippen LogP contribution in [-0.2, 0) is 4.74 Å². The second-order valence-electron chi connectivity index (χ2n) is 3.49. The molecule has 0 aliphatic heterocycles. The van der Waals surface area contributed by atoms with Crippen molar-refractivity contribution in [2.24, 2.45) is 0 Å². The number of hydrogen-bond donors (Lipinski definition) is 3. The Labute approximate surface area is 98.5 Å². The van der Waals surface area contributed by atoms with Crippen LogP contribution in [0.3, 0.4) is 0 Å². The molecular weight excluding hydrogens is 228 g/mol. The molecule has 0 fully saturated rings. The number of nitrogens with one attached hydrogen (secondary N) is 1. The van der Waals surface area contributed by atoms with Crippen molar-refractivity contribution in [3.63, 3.8) is 0 Å². The predicted molar refractivity (Wildman–Crippen MR) is 59.9 cm³/mol. The summed E-state index contributed by atoms with van der Waals surface area (Å²) in [7, 11) is 0. The molecule has 7 nitrogen and oxygen atoms in total. The fourth-order valence-corrected chi connectivity index (χ4v) is 1.62. The highest BCUT2D eigenvalue weighted by atomic mass is 16.6. The molecule has 0 radical (unpaired) electrons. The summed E-state index contributed by atoms with van der Waals surface area (Å²) in [5.74, 6) is 0. The summed E-state index contributed by atoms with van der Waals surface area (Å²) in [5, 5.41) is 31.3. The van der Waals surface area contributed by atoms with Gasteiger partial charge in [-0.1, -0.05) is 12.2 Å². The van der Waals surface area contributed by atoms with Gasteiger partial charge in [0.25, 0.3) is 0 Å². The first-order valence-electron chi connectivity index (χ1n) is 5.26. The lowest BCUT2D eigenvalue weighted by Gasteiger charge is -2.30. The van der Waals surface area contributed by atoms with E-state index in [1.165, 1.54) is 6.08 Å². The summed E-state index contributed by atoms with van der Waals surface area (Å²) in [4.78, 5) is 10.7. The van der Waals surface area contributed by atoms with E-state index < -0.39 is 16.7 Å². The quantitative estimate of drug-likeness (QED) is 0.303. The first kappa shape index (κ1) is 13.8. The van der Waals surface area contributed by atoms with Crippen molar-refractivity contribution in [1.82, 2.24) is 5.32 Å². The van der Waals surface area contributed by atoms with Gasteiger partial charge in [-0.15, -0.1) is 0 Å². The molecule has 0 aromatic heterocycles. The number of hydrogen-bond acceptors (Lipinski definition) is 6. The maximum atomic E-state index is 11.2. The minimum atomic E-state index is -1.59.